The summed E-state index contributed by atoms with van der Waals surface area (Å²) in [5.74, 6) is -1.93. The Kier molecular flexibility index (Phi) is 4.65. The van der Waals surface area contributed by atoms with Gasteiger partial charge < -0.3 is 10.5 Å². The molecule has 0 saturated heterocycles. The molecule has 8 heteroatoms. The van der Waals surface area contributed by atoms with Crippen molar-refractivity contribution in [2.45, 2.75) is 10.3 Å². The molecule has 0 aliphatic carbocycles. The molecule has 1 aliphatic rings. The second-order valence-corrected chi connectivity index (χ2v) is 5.98. The van der Waals surface area contributed by atoms with E-state index in [9.17, 15) is 19.2 Å². The van der Waals surface area contributed by atoms with Crippen molar-refractivity contribution in [3.63, 3.8) is 0 Å². The van der Waals surface area contributed by atoms with Crippen LogP contribution >= 0.6 is 23.2 Å². The molecule has 2 unspecified atom stereocenters. The largest absolute Gasteiger partial charge is 0.328 e. The summed E-state index contributed by atoms with van der Waals surface area (Å²) in [6.45, 7) is -0.808. The quantitative estimate of drug-likeness (QED) is 0.353. The number of carbonyl (C=O) groups is 4. The Labute approximate surface area is 136 Å². The van der Waals surface area contributed by atoms with E-state index in [0.29, 0.717) is 0 Å². The lowest BCUT2D eigenvalue weighted by Gasteiger charge is -2.22. The highest BCUT2D eigenvalue weighted by Crippen LogP contribution is 2.25. The van der Waals surface area contributed by atoms with Crippen LogP contribution in [0, 0.1) is 0 Å². The molecule has 0 bridgehead atoms. The fourth-order valence-corrected chi connectivity index (χ4v) is 2.64. The number of nitrogens with two attached hydrogens (primary N) is 1. The summed E-state index contributed by atoms with van der Waals surface area (Å²) in [6.07, 6.45) is 0.203. The highest BCUT2D eigenvalue weighted by atomic mass is 35.5. The zero-order chi connectivity index (χ0) is 16.5. The molecule has 2 rings (SSSR count). The third-order valence-electron chi connectivity index (χ3n) is 3.40. The van der Waals surface area contributed by atoms with Crippen LogP contribution in [0.5, 0.6) is 0 Å². The Morgan fingerprint density at radius 3 is 2.18 bits per heavy atom. The Hall–Kier alpha value is -1.76. The topological polar surface area (TPSA) is 97.5 Å². The Bertz CT molecular complexity index is 629. The van der Waals surface area contributed by atoms with E-state index in [-0.39, 0.29) is 24.0 Å². The van der Waals surface area contributed by atoms with E-state index in [2.05, 4.69) is 0 Å². The molecule has 1 aliphatic heterocycles. The summed E-state index contributed by atoms with van der Waals surface area (Å²) >= 11 is 11.7. The summed E-state index contributed by atoms with van der Waals surface area (Å²) in [4.78, 5) is 46.2. The molecule has 0 aromatic heterocycles. The highest BCUT2D eigenvalue weighted by Gasteiger charge is 2.42. The first-order valence-corrected chi connectivity index (χ1v) is 7.16. The van der Waals surface area contributed by atoms with Crippen molar-refractivity contribution in [3.05, 3.63) is 35.4 Å². The van der Waals surface area contributed by atoms with Gasteiger partial charge in [-0.3, -0.25) is 19.3 Å². The zero-order valence-corrected chi connectivity index (χ0v) is 12.8. The summed E-state index contributed by atoms with van der Waals surface area (Å²) in [7, 11) is 0. The van der Waals surface area contributed by atoms with Crippen LogP contribution in [0.15, 0.2) is 24.3 Å². The standard InChI is InChI=1S/C14H12Cl2N2O4/c15-10(11(20)14(16,6-17)7-19)5-18-12(21)8-3-1-2-4-9(8)13(18)22/h1-4,7,10H,5-6,17H2. The van der Waals surface area contributed by atoms with Crippen LogP contribution in [-0.4, -0.2) is 52.1 Å². The molecular weight excluding hydrogens is 331 g/mol. The molecule has 22 heavy (non-hydrogen) atoms. The van der Waals surface area contributed by atoms with Crippen LogP contribution < -0.4 is 5.73 Å². The highest BCUT2D eigenvalue weighted by molar-refractivity contribution is 6.49. The van der Waals surface area contributed by atoms with Gasteiger partial charge in [0.25, 0.3) is 11.8 Å². The van der Waals surface area contributed by atoms with Gasteiger partial charge >= 0.3 is 0 Å². The molecule has 2 N–H and O–H groups in total. The minimum absolute atomic E-state index is 0.203. The van der Waals surface area contributed by atoms with Gasteiger partial charge in [0.2, 0.25) is 0 Å². The lowest BCUT2D eigenvalue weighted by Crippen LogP contribution is -2.49. The van der Waals surface area contributed by atoms with E-state index in [1.54, 1.807) is 12.1 Å². The van der Waals surface area contributed by atoms with Gasteiger partial charge in [0.05, 0.1) is 17.7 Å². The molecule has 1 aromatic carbocycles. The molecule has 2 atom stereocenters. The number of hydrogen-bond donors (Lipinski definition) is 1. The maximum Gasteiger partial charge on any atom is 0.261 e. The van der Waals surface area contributed by atoms with Gasteiger partial charge in [-0.2, -0.15) is 0 Å². The number of amides is 2. The number of hydrogen-bond acceptors (Lipinski definition) is 5. The Morgan fingerprint density at radius 2 is 1.77 bits per heavy atom. The number of imide groups is 1. The maximum absolute atomic E-state index is 12.2. The van der Waals surface area contributed by atoms with E-state index >= 15 is 0 Å². The smallest absolute Gasteiger partial charge is 0.261 e. The van der Waals surface area contributed by atoms with Crippen LogP contribution in [0.25, 0.3) is 0 Å². The number of nitrogens with zero attached hydrogens (tertiary/aromatic N) is 1. The van der Waals surface area contributed by atoms with Gasteiger partial charge in [0, 0.05) is 6.54 Å². The molecule has 116 valence electrons. The molecule has 1 aromatic rings. The summed E-state index contributed by atoms with van der Waals surface area (Å²) in [6, 6.07) is 6.28. The van der Waals surface area contributed by atoms with Gasteiger partial charge in [-0.1, -0.05) is 12.1 Å². The molecule has 6 nitrogen and oxygen atoms in total. The van der Waals surface area contributed by atoms with Crippen LogP contribution in [0.3, 0.4) is 0 Å². The first-order valence-electron chi connectivity index (χ1n) is 6.34. The van der Waals surface area contributed by atoms with E-state index in [4.69, 9.17) is 28.9 Å². The number of alkyl halides is 2. The number of halogens is 2. The van der Waals surface area contributed by atoms with Gasteiger partial charge in [-0.25, -0.2) is 0 Å². The second kappa shape index (κ2) is 6.16. The number of carbonyl (C=O) groups excluding carboxylic acids is 4. The molecule has 2 amide bonds. The first kappa shape index (κ1) is 16.6. The van der Waals surface area contributed by atoms with Gasteiger partial charge in [-0.15, -0.1) is 23.2 Å². The molecule has 0 fully saturated rings. The van der Waals surface area contributed by atoms with E-state index < -0.39 is 34.4 Å². The van der Waals surface area contributed by atoms with Crippen molar-refractivity contribution in [1.29, 1.82) is 0 Å². The SMILES string of the molecule is NCC(Cl)(C=O)C(=O)C(Cl)CN1C(=O)c2ccccc2C1=O. The van der Waals surface area contributed by atoms with Gasteiger partial charge in [0.1, 0.15) is 11.7 Å². The number of benzene rings is 1. The van der Waals surface area contributed by atoms with E-state index in [1.165, 1.54) is 12.1 Å². The number of aldehydes is 1. The average Bonchev–Trinajstić information content (AvgIpc) is 2.78. The fourth-order valence-electron chi connectivity index (χ4n) is 2.12. The monoisotopic (exact) mass is 342 g/mol. The fraction of sp³-hybridized carbons (Fsp3) is 0.286. The van der Waals surface area contributed by atoms with Crippen LogP contribution in [0.2, 0.25) is 0 Å². The molecule has 0 spiro atoms. The normalized spacial score (nSPS) is 17.9. The Balaban J connectivity index is 2.19. The van der Waals surface area contributed by atoms with E-state index in [0.717, 1.165) is 4.90 Å². The summed E-state index contributed by atoms with van der Waals surface area (Å²) in [5.41, 5.74) is 5.79. The maximum atomic E-state index is 12.2. The molecule has 0 radical (unpaired) electrons. The third kappa shape index (κ3) is 2.65. The van der Waals surface area contributed by atoms with Gasteiger partial charge in [0.15, 0.2) is 10.7 Å². The summed E-state index contributed by atoms with van der Waals surface area (Å²) in [5, 5.41) is -1.33. The number of Topliss-reactive ketones (excluding diaryl/α,β-unsaturated/α-hetero) is 1. The minimum Gasteiger partial charge on any atom is -0.328 e. The number of fused-ring (bicyclic) bond motifs is 1. The second-order valence-electron chi connectivity index (χ2n) is 4.78. The van der Waals surface area contributed by atoms with Crippen LogP contribution in [-0.2, 0) is 9.59 Å². The number of ketones is 1. The molecular formula is C14H12Cl2N2O4. The lowest BCUT2D eigenvalue weighted by molar-refractivity contribution is -0.125. The predicted molar refractivity (Wildman–Crippen MR) is 80.2 cm³/mol. The van der Waals surface area contributed by atoms with Crippen molar-refractivity contribution in [2.24, 2.45) is 5.73 Å². The number of rotatable bonds is 6. The average molecular weight is 343 g/mol. The molecule has 1 heterocycles. The Morgan fingerprint density at radius 1 is 1.27 bits per heavy atom. The first-order chi connectivity index (χ1) is 10.4. The van der Waals surface area contributed by atoms with E-state index in [1.807, 2.05) is 0 Å². The lowest BCUT2D eigenvalue weighted by atomic mass is 10.0. The van der Waals surface area contributed by atoms with Crippen molar-refractivity contribution in [3.8, 4) is 0 Å². The van der Waals surface area contributed by atoms with Crippen molar-refractivity contribution in [1.82, 2.24) is 4.90 Å². The van der Waals surface area contributed by atoms with Crippen molar-refractivity contribution >= 4 is 47.1 Å². The van der Waals surface area contributed by atoms with Gasteiger partial charge in [-0.05, 0) is 12.1 Å². The third-order valence-corrected chi connectivity index (χ3v) is 4.16. The summed E-state index contributed by atoms with van der Waals surface area (Å²) < 4.78 is 0. The van der Waals surface area contributed by atoms with Crippen molar-refractivity contribution in [2.75, 3.05) is 13.1 Å². The minimum atomic E-state index is -1.95. The predicted octanol–water partition coefficient (Wildman–Crippen LogP) is 0.594. The van der Waals surface area contributed by atoms with Crippen LogP contribution in [0.1, 0.15) is 20.7 Å². The van der Waals surface area contributed by atoms with Crippen molar-refractivity contribution < 1.29 is 19.2 Å². The molecule has 0 saturated carbocycles. The van der Waals surface area contributed by atoms with Crippen LogP contribution in [0.4, 0.5) is 0 Å². The zero-order valence-electron chi connectivity index (χ0n) is 11.3.